The standard InChI is InChI=1S/C32H40N6O5/c1-2-30(41)37-11-12-38(24(20-37)22-39)31-27-8-10-36(29-19-25(40)18-23-6-3-4-7-26(23)29)21-28(27)33-32(34-31)43-15-5-9-35-13-16-42-17-14-35/h2-4,6-7,18-19,24,39-40H,1,5,8-17,20-22H2. The van der Waals surface area contributed by atoms with Gasteiger partial charge < -0.3 is 34.4 Å². The maximum Gasteiger partial charge on any atom is 0.318 e. The van der Waals surface area contributed by atoms with Gasteiger partial charge in [-0.3, -0.25) is 9.69 Å². The quantitative estimate of drug-likeness (QED) is 0.285. The molecular weight excluding hydrogens is 548 g/mol. The molecule has 6 rings (SSSR count). The van der Waals surface area contributed by atoms with Gasteiger partial charge in [-0.15, -0.1) is 0 Å². The summed E-state index contributed by atoms with van der Waals surface area (Å²) >= 11 is 0. The minimum atomic E-state index is -0.307. The Morgan fingerprint density at radius 1 is 1.12 bits per heavy atom. The van der Waals surface area contributed by atoms with Gasteiger partial charge in [0.25, 0.3) is 0 Å². The first-order valence-corrected chi connectivity index (χ1v) is 15.1. The Kier molecular flexibility index (Phi) is 8.92. The Bertz CT molecular complexity index is 1460. The number of rotatable bonds is 9. The van der Waals surface area contributed by atoms with Crippen LogP contribution in [-0.2, 0) is 22.5 Å². The molecule has 2 N–H and O–H groups in total. The number of anilines is 2. The fraction of sp³-hybridized carbons (Fsp3) is 0.469. The van der Waals surface area contributed by atoms with Crippen molar-refractivity contribution in [2.75, 3.05) is 82.0 Å². The Morgan fingerprint density at radius 3 is 2.77 bits per heavy atom. The highest BCUT2D eigenvalue weighted by Crippen LogP contribution is 2.37. The van der Waals surface area contributed by atoms with Crippen LogP contribution in [0.3, 0.4) is 0 Å². The van der Waals surface area contributed by atoms with Crippen LogP contribution in [0.25, 0.3) is 10.8 Å². The van der Waals surface area contributed by atoms with Crippen molar-refractivity contribution in [3.8, 4) is 11.8 Å². The van der Waals surface area contributed by atoms with Crippen LogP contribution in [0.1, 0.15) is 17.7 Å². The van der Waals surface area contributed by atoms with Crippen LogP contribution in [0.2, 0.25) is 0 Å². The molecule has 0 bridgehead atoms. The van der Waals surface area contributed by atoms with Crippen LogP contribution in [0.5, 0.6) is 11.8 Å². The maximum absolute atomic E-state index is 12.3. The minimum absolute atomic E-state index is 0.114. The third-order valence-corrected chi connectivity index (χ3v) is 8.59. The van der Waals surface area contributed by atoms with E-state index < -0.39 is 0 Å². The summed E-state index contributed by atoms with van der Waals surface area (Å²) in [6.45, 7) is 11.0. The molecule has 0 saturated carbocycles. The van der Waals surface area contributed by atoms with E-state index in [1.54, 1.807) is 11.0 Å². The second kappa shape index (κ2) is 13.2. The predicted molar refractivity (Wildman–Crippen MR) is 165 cm³/mol. The molecule has 228 valence electrons. The van der Waals surface area contributed by atoms with Gasteiger partial charge in [0.05, 0.1) is 44.7 Å². The van der Waals surface area contributed by atoms with E-state index in [-0.39, 0.29) is 24.3 Å². The van der Waals surface area contributed by atoms with E-state index in [1.165, 1.54) is 6.08 Å². The van der Waals surface area contributed by atoms with Gasteiger partial charge in [0.2, 0.25) is 5.91 Å². The van der Waals surface area contributed by atoms with E-state index in [0.29, 0.717) is 45.2 Å². The summed E-state index contributed by atoms with van der Waals surface area (Å²) in [4.78, 5) is 30.6. The van der Waals surface area contributed by atoms with E-state index in [4.69, 9.17) is 19.4 Å². The number of carbonyl (C=O) groups excluding carboxylic acids is 1. The lowest BCUT2D eigenvalue weighted by Crippen LogP contribution is -2.56. The van der Waals surface area contributed by atoms with Crippen molar-refractivity contribution in [3.63, 3.8) is 0 Å². The van der Waals surface area contributed by atoms with Gasteiger partial charge in [0, 0.05) is 68.5 Å². The van der Waals surface area contributed by atoms with Gasteiger partial charge in [-0.05, 0) is 30.4 Å². The average Bonchev–Trinajstić information content (AvgIpc) is 3.05. The summed E-state index contributed by atoms with van der Waals surface area (Å²) in [6, 6.07) is 11.7. The number of benzene rings is 2. The first-order valence-electron chi connectivity index (χ1n) is 15.1. The Balaban J connectivity index is 1.28. The summed E-state index contributed by atoms with van der Waals surface area (Å²) in [5, 5.41) is 22.9. The van der Waals surface area contributed by atoms with Crippen LogP contribution < -0.4 is 14.5 Å². The average molecular weight is 589 g/mol. The van der Waals surface area contributed by atoms with Crippen LogP contribution in [0, 0.1) is 0 Å². The zero-order valence-electron chi connectivity index (χ0n) is 24.5. The Morgan fingerprint density at radius 2 is 1.95 bits per heavy atom. The second-order valence-corrected chi connectivity index (χ2v) is 11.3. The molecule has 1 aromatic heterocycles. The number of aromatic hydroxyl groups is 1. The van der Waals surface area contributed by atoms with Crippen LogP contribution >= 0.6 is 0 Å². The number of fused-ring (bicyclic) bond motifs is 2. The molecule has 11 heteroatoms. The van der Waals surface area contributed by atoms with Crippen molar-refractivity contribution >= 4 is 28.2 Å². The smallest absolute Gasteiger partial charge is 0.318 e. The summed E-state index contributed by atoms with van der Waals surface area (Å²) in [5.41, 5.74) is 2.86. The molecule has 2 saturated heterocycles. The number of nitrogens with zero attached hydrogens (tertiary/aromatic N) is 6. The highest BCUT2D eigenvalue weighted by molar-refractivity contribution is 5.95. The fourth-order valence-corrected chi connectivity index (χ4v) is 6.33. The summed E-state index contributed by atoms with van der Waals surface area (Å²) in [7, 11) is 0. The number of phenolic OH excluding ortho intramolecular Hbond substituents is 1. The molecule has 0 spiro atoms. The number of amides is 1. The third kappa shape index (κ3) is 6.39. The Labute approximate surface area is 251 Å². The number of carbonyl (C=O) groups is 1. The number of morpholine rings is 1. The molecule has 0 aliphatic carbocycles. The highest BCUT2D eigenvalue weighted by Gasteiger charge is 2.33. The number of aliphatic hydroxyl groups excluding tert-OH is 1. The monoisotopic (exact) mass is 588 g/mol. The number of hydrogen-bond donors (Lipinski definition) is 2. The molecule has 2 fully saturated rings. The molecule has 11 nitrogen and oxygen atoms in total. The first kappa shape index (κ1) is 29.2. The molecule has 1 unspecified atom stereocenters. The van der Waals surface area contributed by atoms with Gasteiger partial charge >= 0.3 is 6.01 Å². The van der Waals surface area contributed by atoms with Crippen LogP contribution in [0.15, 0.2) is 49.1 Å². The van der Waals surface area contributed by atoms with E-state index in [1.807, 2.05) is 24.3 Å². The normalized spacial score (nSPS) is 19.4. The molecule has 2 aromatic carbocycles. The highest BCUT2D eigenvalue weighted by atomic mass is 16.5. The number of piperazine rings is 1. The number of hydrogen-bond acceptors (Lipinski definition) is 10. The first-order chi connectivity index (χ1) is 21.0. The number of aromatic nitrogens is 2. The predicted octanol–water partition coefficient (Wildman–Crippen LogP) is 2.19. The molecule has 1 atom stereocenters. The zero-order chi connectivity index (χ0) is 29.8. The number of ether oxygens (including phenoxy) is 2. The molecule has 4 heterocycles. The van der Waals surface area contributed by atoms with Gasteiger partial charge in [0.15, 0.2) is 0 Å². The lowest BCUT2D eigenvalue weighted by atomic mass is 10.0. The van der Waals surface area contributed by atoms with Crippen molar-refractivity contribution < 1.29 is 24.5 Å². The largest absolute Gasteiger partial charge is 0.508 e. The lowest BCUT2D eigenvalue weighted by Gasteiger charge is -2.42. The topological polar surface area (TPSA) is 115 Å². The van der Waals surface area contributed by atoms with Crippen molar-refractivity contribution in [2.24, 2.45) is 0 Å². The van der Waals surface area contributed by atoms with E-state index >= 15 is 0 Å². The molecule has 3 aromatic rings. The lowest BCUT2D eigenvalue weighted by molar-refractivity contribution is -0.126. The molecule has 3 aliphatic rings. The SMILES string of the molecule is C=CC(=O)N1CCN(c2nc(OCCCN3CCOCC3)nc3c2CCN(c2cc(O)cc4ccccc24)C3)C(CO)C1. The van der Waals surface area contributed by atoms with Crippen molar-refractivity contribution in [1.29, 1.82) is 0 Å². The van der Waals surface area contributed by atoms with Gasteiger partial charge in [-0.25, -0.2) is 0 Å². The molecular formula is C32H40N6O5. The molecule has 3 aliphatic heterocycles. The number of aliphatic hydroxyl groups is 1. The van der Waals surface area contributed by atoms with E-state index in [9.17, 15) is 15.0 Å². The van der Waals surface area contributed by atoms with Gasteiger partial charge in [0.1, 0.15) is 11.6 Å². The Hall–Kier alpha value is -3.93. The van der Waals surface area contributed by atoms with E-state index in [0.717, 1.165) is 79.3 Å². The molecule has 1 amide bonds. The molecule has 43 heavy (non-hydrogen) atoms. The fourth-order valence-electron chi connectivity index (χ4n) is 6.33. The number of phenols is 1. The third-order valence-electron chi connectivity index (χ3n) is 8.59. The van der Waals surface area contributed by atoms with Crippen molar-refractivity contribution in [1.82, 2.24) is 19.8 Å². The summed E-state index contributed by atoms with van der Waals surface area (Å²) in [6.07, 6.45) is 2.86. The summed E-state index contributed by atoms with van der Waals surface area (Å²) in [5.74, 6) is 0.851. The maximum atomic E-state index is 12.3. The summed E-state index contributed by atoms with van der Waals surface area (Å²) < 4.78 is 11.6. The van der Waals surface area contributed by atoms with Crippen molar-refractivity contribution in [3.05, 3.63) is 60.3 Å². The van der Waals surface area contributed by atoms with Crippen LogP contribution in [-0.4, -0.2) is 114 Å². The van der Waals surface area contributed by atoms with Gasteiger partial charge in [-0.2, -0.15) is 9.97 Å². The van der Waals surface area contributed by atoms with Crippen molar-refractivity contribution in [2.45, 2.75) is 25.4 Å². The minimum Gasteiger partial charge on any atom is -0.508 e. The van der Waals surface area contributed by atoms with Crippen LogP contribution in [0.4, 0.5) is 11.5 Å². The second-order valence-electron chi connectivity index (χ2n) is 11.3. The zero-order valence-corrected chi connectivity index (χ0v) is 24.5. The van der Waals surface area contributed by atoms with Gasteiger partial charge in [-0.1, -0.05) is 30.8 Å². The molecule has 0 radical (unpaired) electrons. The van der Waals surface area contributed by atoms with E-state index in [2.05, 4.69) is 27.3 Å².